The van der Waals surface area contributed by atoms with E-state index in [1.165, 1.54) is 0 Å². The van der Waals surface area contributed by atoms with Crippen molar-refractivity contribution >= 4 is 0 Å². The first-order valence-electron chi connectivity index (χ1n) is 5.95. The van der Waals surface area contributed by atoms with Crippen molar-refractivity contribution in [2.75, 3.05) is 39.5 Å². The maximum Gasteiger partial charge on any atom is 0.111 e. The Balaban J connectivity index is 2.27. The van der Waals surface area contributed by atoms with Crippen LogP contribution in [0.2, 0.25) is 0 Å². The molecular weight excluding hydrogens is 244 g/mol. The monoisotopic (exact) mass is 266 g/mol. The molecule has 1 fully saturated rings. The van der Waals surface area contributed by atoms with E-state index in [1.54, 1.807) is 0 Å². The zero-order chi connectivity index (χ0) is 13.5. The van der Waals surface area contributed by atoms with Crippen LogP contribution in [-0.4, -0.2) is 94.4 Å². The minimum absolute atomic E-state index is 0.0381. The summed E-state index contributed by atoms with van der Waals surface area (Å²) in [5, 5.41) is 48.2. The third kappa shape index (κ3) is 4.75. The van der Waals surface area contributed by atoms with Crippen LogP contribution < -0.4 is 5.43 Å². The van der Waals surface area contributed by atoms with E-state index < -0.39 is 31.0 Å². The Hall–Kier alpha value is -0.320. The standard InChI is InChI=1S/C10H22N2O6/c13-6-8(15)10(17)9(16)7(14)5-11-12-1-3-18-4-2-12/h7-11,13-17H,1-6H2/t7-,8+,9+,10+/m0/s1. The molecule has 0 aromatic carbocycles. The Morgan fingerprint density at radius 2 is 1.56 bits per heavy atom. The summed E-state index contributed by atoms with van der Waals surface area (Å²) in [5.74, 6) is 0. The lowest BCUT2D eigenvalue weighted by Crippen LogP contribution is -2.53. The molecule has 6 N–H and O–H groups in total. The number of ether oxygens (including phenoxy) is 1. The molecule has 4 atom stereocenters. The van der Waals surface area contributed by atoms with Crippen LogP contribution in [0.15, 0.2) is 0 Å². The summed E-state index contributed by atoms with van der Waals surface area (Å²) in [7, 11) is 0. The van der Waals surface area contributed by atoms with E-state index in [9.17, 15) is 15.3 Å². The number of morpholine rings is 1. The molecule has 0 aromatic rings. The minimum Gasteiger partial charge on any atom is -0.394 e. The van der Waals surface area contributed by atoms with Crippen molar-refractivity contribution in [1.29, 1.82) is 0 Å². The van der Waals surface area contributed by atoms with Gasteiger partial charge in [-0.15, -0.1) is 0 Å². The van der Waals surface area contributed by atoms with Gasteiger partial charge in [0.2, 0.25) is 0 Å². The second kappa shape index (κ2) is 7.97. The highest BCUT2D eigenvalue weighted by Gasteiger charge is 2.30. The molecule has 0 amide bonds. The first-order chi connectivity index (χ1) is 8.56. The van der Waals surface area contributed by atoms with E-state index in [0.717, 1.165) is 0 Å². The number of aliphatic hydroxyl groups is 5. The average molecular weight is 266 g/mol. The van der Waals surface area contributed by atoms with Crippen LogP contribution in [0, 0.1) is 0 Å². The molecule has 18 heavy (non-hydrogen) atoms. The van der Waals surface area contributed by atoms with Gasteiger partial charge in [0.15, 0.2) is 0 Å². The van der Waals surface area contributed by atoms with E-state index in [2.05, 4.69) is 5.43 Å². The van der Waals surface area contributed by atoms with Crippen molar-refractivity contribution in [3.63, 3.8) is 0 Å². The number of aliphatic hydroxyl groups excluding tert-OH is 5. The van der Waals surface area contributed by atoms with Gasteiger partial charge in [0, 0.05) is 19.6 Å². The third-order valence-corrected chi connectivity index (χ3v) is 2.86. The van der Waals surface area contributed by atoms with Gasteiger partial charge in [0.05, 0.1) is 25.9 Å². The van der Waals surface area contributed by atoms with Gasteiger partial charge < -0.3 is 30.3 Å². The summed E-state index contributed by atoms with van der Waals surface area (Å²) in [6.07, 6.45) is -5.83. The Morgan fingerprint density at radius 1 is 1.00 bits per heavy atom. The maximum absolute atomic E-state index is 9.64. The molecule has 8 nitrogen and oxygen atoms in total. The van der Waals surface area contributed by atoms with Crippen molar-refractivity contribution in [3.05, 3.63) is 0 Å². The van der Waals surface area contributed by atoms with Gasteiger partial charge in [0.25, 0.3) is 0 Å². The zero-order valence-corrected chi connectivity index (χ0v) is 10.1. The van der Waals surface area contributed by atoms with Crippen molar-refractivity contribution in [2.24, 2.45) is 0 Å². The molecule has 1 rings (SSSR count). The predicted molar refractivity (Wildman–Crippen MR) is 61.5 cm³/mol. The summed E-state index contributed by atoms with van der Waals surface area (Å²) >= 11 is 0. The van der Waals surface area contributed by atoms with Crippen LogP contribution in [0.1, 0.15) is 0 Å². The van der Waals surface area contributed by atoms with Crippen LogP contribution in [0.5, 0.6) is 0 Å². The fraction of sp³-hybridized carbons (Fsp3) is 1.00. The highest BCUT2D eigenvalue weighted by molar-refractivity contribution is 4.81. The SMILES string of the molecule is OC[C@@H](O)[C@@H](O)[C@H](O)[C@@H](O)CNN1CCOCC1. The quantitative estimate of drug-likeness (QED) is 0.278. The first kappa shape index (κ1) is 15.7. The van der Waals surface area contributed by atoms with Crippen LogP contribution in [0.4, 0.5) is 0 Å². The van der Waals surface area contributed by atoms with Crippen LogP contribution in [-0.2, 0) is 4.74 Å². The third-order valence-electron chi connectivity index (χ3n) is 2.86. The van der Waals surface area contributed by atoms with Gasteiger partial charge in [-0.2, -0.15) is 0 Å². The highest BCUT2D eigenvalue weighted by Crippen LogP contribution is 2.05. The summed E-state index contributed by atoms with van der Waals surface area (Å²) in [5.41, 5.74) is 2.90. The Bertz CT molecular complexity index is 226. The highest BCUT2D eigenvalue weighted by atomic mass is 16.5. The van der Waals surface area contributed by atoms with Gasteiger partial charge in [-0.1, -0.05) is 0 Å². The van der Waals surface area contributed by atoms with E-state index in [4.69, 9.17) is 14.9 Å². The minimum atomic E-state index is -1.59. The molecule has 0 aromatic heterocycles. The molecule has 0 spiro atoms. The van der Waals surface area contributed by atoms with E-state index in [1.807, 2.05) is 5.01 Å². The topological polar surface area (TPSA) is 126 Å². The second-order valence-electron chi connectivity index (χ2n) is 4.26. The lowest BCUT2D eigenvalue weighted by atomic mass is 10.0. The Labute approximate surface area is 105 Å². The van der Waals surface area contributed by atoms with Gasteiger partial charge in [0.1, 0.15) is 18.3 Å². The average Bonchev–Trinajstić information content (AvgIpc) is 2.43. The molecule has 0 radical (unpaired) electrons. The van der Waals surface area contributed by atoms with Crippen molar-refractivity contribution in [1.82, 2.24) is 10.4 Å². The lowest BCUT2D eigenvalue weighted by Gasteiger charge is -2.30. The number of nitrogens with one attached hydrogen (secondary N) is 1. The van der Waals surface area contributed by atoms with E-state index in [0.29, 0.717) is 26.3 Å². The number of hydrogen-bond acceptors (Lipinski definition) is 8. The number of hydrazine groups is 1. The second-order valence-corrected chi connectivity index (χ2v) is 4.26. The van der Waals surface area contributed by atoms with Crippen LogP contribution >= 0.6 is 0 Å². The summed E-state index contributed by atoms with van der Waals surface area (Å²) in [6, 6.07) is 0. The number of nitrogens with zero attached hydrogens (tertiary/aromatic N) is 1. The fourth-order valence-electron chi connectivity index (χ4n) is 1.63. The molecular formula is C10H22N2O6. The van der Waals surface area contributed by atoms with Crippen LogP contribution in [0.25, 0.3) is 0 Å². The normalized spacial score (nSPS) is 24.5. The lowest BCUT2D eigenvalue weighted by molar-refractivity contribution is -0.117. The van der Waals surface area contributed by atoms with Crippen molar-refractivity contribution < 1.29 is 30.3 Å². The van der Waals surface area contributed by atoms with Crippen LogP contribution in [0.3, 0.4) is 0 Å². The molecule has 0 bridgehead atoms. The summed E-state index contributed by atoms with van der Waals surface area (Å²) in [6.45, 7) is 1.89. The molecule has 1 aliphatic heterocycles. The van der Waals surface area contributed by atoms with E-state index in [-0.39, 0.29) is 6.54 Å². The molecule has 1 saturated heterocycles. The van der Waals surface area contributed by atoms with Crippen molar-refractivity contribution in [2.45, 2.75) is 24.4 Å². The largest absolute Gasteiger partial charge is 0.394 e. The van der Waals surface area contributed by atoms with Gasteiger partial charge in [-0.25, -0.2) is 5.01 Å². The summed E-state index contributed by atoms with van der Waals surface area (Å²) < 4.78 is 5.14. The number of rotatable bonds is 7. The van der Waals surface area contributed by atoms with Gasteiger partial charge >= 0.3 is 0 Å². The van der Waals surface area contributed by atoms with Gasteiger partial charge in [-0.05, 0) is 0 Å². The molecule has 0 unspecified atom stereocenters. The smallest absolute Gasteiger partial charge is 0.111 e. The fourth-order valence-corrected chi connectivity index (χ4v) is 1.63. The Kier molecular flexibility index (Phi) is 6.97. The molecule has 108 valence electrons. The first-order valence-corrected chi connectivity index (χ1v) is 5.95. The molecule has 8 heteroatoms. The van der Waals surface area contributed by atoms with Crippen molar-refractivity contribution in [3.8, 4) is 0 Å². The predicted octanol–water partition coefficient (Wildman–Crippen LogP) is -3.74. The molecule has 1 heterocycles. The number of hydrogen-bond donors (Lipinski definition) is 6. The van der Waals surface area contributed by atoms with E-state index >= 15 is 0 Å². The Morgan fingerprint density at radius 3 is 2.11 bits per heavy atom. The molecule has 0 aliphatic carbocycles. The molecule has 0 saturated carbocycles. The molecule has 1 aliphatic rings. The van der Waals surface area contributed by atoms with Gasteiger partial charge in [-0.3, -0.25) is 5.43 Å². The zero-order valence-electron chi connectivity index (χ0n) is 10.1. The maximum atomic E-state index is 9.64. The summed E-state index contributed by atoms with van der Waals surface area (Å²) in [4.78, 5) is 0.